The highest BCUT2D eigenvalue weighted by molar-refractivity contribution is 5.78. The van der Waals surface area contributed by atoms with Crippen molar-refractivity contribution in [3.63, 3.8) is 0 Å². The predicted molar refractivity (Wildman–Crippen MR) is 124 cm³/mol. The molecule has 12 nitrogen and oxygen atoms in total. The molecule has 33 heavy (non-hydrogen) atoms. The molecule has 1 aromatic carbocycles. The first-order valence-electron chi connectivity index (χ1n) is 10.4. The molecule has 0 bridgehead atoms. The molecule has 0 aliphatic heterocycles. The smallest absolute Gasteiger partial charge is 0.328 e. The van der Waals surface area contributed by atoms with E-state index in [2.05, 4.69) is 4.99 Å². The van der Waals surface area contributed by atoms with Crippen LogP contribution in [0.4, 0.5) is 0 Å². The fourth-order valence-corrected chi connectivity index (χ4v) is 2.47. The van der Waals surface area contributed by atoms with Crippen molar-refractivity contribution in [1.29, 1.82) is 0 Å². The summed E-state index contributed by atoms with van der Waals surface area (Å²) in [4.78, 5) is 36.5. The first-order chi connectivity index (χ1) is 15.3. The van der Waals surface area contributed by atoms with E-state index in [4.69, 9.17) is 43.6 Å². The number of aliphatic carboxylic acids is 2. The molecule has 3 atom stereocenters. The van der Waals surface area contributed by atoms with Crippen LogP contribution in [0.3, 0.4) is 0 Å². The number of esters is 1. The molecule has 0 aliphatic rings. The van der Waals surface area contributed by atoms with Crippen LogP contribution in [0, 0.1) is 5.92 Å². The maximum Gasteiger partial charge on any atom is 0.328 e. The summed E-state index contributed by atoms with van der Waals surface area (Å²) in [6.45, 7) is 4.29. The van der Waals surface area contributed by atoms with Gasteiger partial charge in [0.25, 0.3) is 0 Å². The monoisotopic (exact) mass is 468 g/mol. The number of carboxylic acid groups (broad SMARTS) is 2. The van der Waals surface area contributed by atoms with Gasteiger partial charge in [-0.3, -0.25) is 14.6 Å². The van der Waals surface area contributed by atoms with Crippen LogP contribution in [-0.4, -0.2) is 58.8 Å². The third-order valence-corrected chi connectivity index (χ3v) is 4.23. The Hall–Kier alpha value is -3.22. The number of hydrogen-bond donors (Lipinski definition) is 7. The number of carbonyl (C=O) groups excluding carboxylic acids is 1. The minimum Gasteiger partial charge on any atom is -0.480 e. The van der Waals surface area contributed by atoms with Gasteiger partial charge < -0.3 is 43.6 Å². The standard InChI is InChI=1S/C15H23N5O4.C6H13NO2/c16-11(2-1-7-20-15(18)19)14(23)24-10-5-3-9(4-6-10)8-12(17)13(21)22;1-4(2)3-5(7)6(8)9/h3-6,11-12H,1-2,7-8,16-17H2,(H,21,22)(H4,18,19,20);4-5H,3,7H2,1-2H3,(H,8,9)/t11-,12-;5-/m00/s1. The summed E-state index contributed by atoms with van der Waals surface area (Å²) in [7, 11) is 0. The number of benzene rings is 1. The van der Waals surface area contributed by atoms with E-state index in [9.17, 15) is 14.4 Å². The van der Waals surface area contributed by atoms with Crippen LogP contribution in [0.5, 0.6) is 5.75 Å². The number of aliphatic imine (C=N–C) groups is 1. The Morgan fingerprint density at radius 2 is 1.48 bits per heavy atom. The number of carbonyl (C=O) groups is 3. The minimum absolute atomic E-state index is 0.00569. The molecule has 1 aromatic rings. The van der Waals surface area contributed by atoms with Crippen LogP contribution >= 0.6 is 0 Å². The normalized spacial score (nSPS) is 13.2. The highest BCUT2D eigenvalue weighted by Crippen LogP contribution is 2.14. The molecule has 0 aliphatic carbocycles. The Bertz CT molecular complexity index is 780. The Morgan fingerprint density at radius 3 is 1.91 bits per heavy atom. The SMILES string of the molecule is CC(C)C[C@H](N)C(=O)O.NC(N)=NCCC[C@H](N)C(=O)Oc1ccc(C[C@H](N)C(=O)O)cc1. The van der Waals surface area contributed by atoms with E-state index < -0.39 is 36.0 Å². The van der Waals surface area contributed by atoms with Gasteiger partial charge in [-0.15, -0.1) is 0 Å². The van der Waals surface area contributed by atoms with Gasteiger partial charge >= 0.3 is 17.9 Å². The Balaban J connectivity index is 0.000000960. The number of carboxylic acids is 2. The number of ether oxygens (including phenoxy) is 1. The molecule has 0 saturated heterocycles. The van der Waals surface area contributed by atoms with E-state index in [0.717, 1.165) is 5.56 Å². The maximum absolute atomic E-state index is 11.9. The van der Waals surface area contributed by atoms with Crippen LogP contribution in [0.25, 0.3) is 0 Å². The van der Waals surface area contributed by atoms with Gasteiger partial charge in [0.1, 0.15) is 23.9 Å². The van der Waals surface area contributed by atoms with Crippen molar-refractivity contribution in [2.45, 2.75) is 57.7 Å². The van der Waals surface area contributed by atoms with Gasteiger partial charge in [-0.05, 0) is 49.3 Å². The van der Waals surface area contributed by atoms with Gasteiger partial charge in [0.15, 0.2) is 5.96 Å². The van der Waals surface area contributed by atoms with Crippen molar-refractivity contribution in [1.82, 2.24) is 0 Å². The van der Waals surface area contributed by atoms with Gasteiger partial charge in [0.05, 0.1) is 0 Å². The second-order valence-corrected chi connectivity index (χ2v) is 7.84. The molecule has 12 N–H and O–H groups in total. The summed E-state index contributed by atoms with van der Waals surface area (Å²) >= 11 is 0. The van der Waals surface area contributed by atoms with Crippen molar-refractivity contribution >= 4 is 23.9 Å². The zero-order chi connectivity index (χ0) is 25.6. The molecule has 12 heteroatoms. The van der Waals surface area contributed by atoms with Gasteiger partial charge in [0, 0.05) is 6.54 Å². The Labute approximate surface area is 193 Å². The zero-order valence-corrected chi connectivity index (χ0v) is 19.0. The maximum atomic E-state index is 11.9. The molecule has 0 amide bonds. The lowest BCUT2D eigenvalue weighted by Gasteiger charge is -2.11. The number of rotatable bonds is 12. The molecule has 0 unspecified atom stereocenters. The van der Waals surface area contributed by atoms with Gasteiger partial charge in [-0.25, -0.2) is 4.79 Å². The zero-order valence-electron chi connectivity index (χ0n) is 19.0. The highest BCUT2D eigenvalue weighted by atomic mass is 16.5. The molecular weight excluding hydrogens is 432 g/mol. The fraction of sp³-hybridized carbons (Fsp3) is 0.524. The highest BCUT2D eigenvalue weighted by Gasteiger charge is 2.16. The summed E-state index contributed by atoms with van der Waals surface area (Å²) in [6.07, 6.45) is 1.69. The Kier molecular flexibility index (Phi) is 14.0. The quantitative estimate of drug-likeness (QED) is 0.0669. The molecule has 0 radical (unpaired) electrons. The second-order valence-electron chi connectivity index (χ2n) is 7.84. The van der Waals surface area contributed by atoms with Crippen molar-refractivity contribution in [3.8, 4) is 5.75 Å². The van der Waals surface area contributed by atoms with Gasteiger partial charge in [-0.2, -0.15) is 0 Å². The van der Waals surface area contributed by atoms with Crippen LogP contribution < -0.4 is 33.4 Å². The van der Waals surface area contributed by atoms with E-state index in [-0.39, 0.29) is 12.4 Å². The summed E-state index contributed by atoms with van der Waals surface area (Å²) < 4.78 is 5.17. The lowest BCUT2D eigenvalue weighted by molar-refractivity contribution is -0.139. The molecule has 186 valence electrons. The summed E-state index contributed by atoms with van der Waals surface area (Å²) in [5.41, 5.74) is 27.5. The molecule has 1 rings (SSSR count). The topological polar surface area (TPSA) is 243 Å². The van der Waals surface area contributed by atoms with Crippen LogP contribution in [0.15, 0.2) is 29.3 Å². The van der Waals surface area contributed by atoms with Crippen molar-refractivity contribution < 1.29 is 29.3 Å². The van der Waals surface area contributed by atoms with Crippen LogP contribution in [0.2, 0.25) is 0 Å². The van der Waals surface area contributed by atoms with E-state index in [1.165, 1.54) is 0 Å². The average Bonchev–Trinajstić information content (AvgIpc) is 2.72. The third-order valence-electron chi connectivity index (χ3n) is 4.23. The Morgan fingerprint density at radius 1 is 0.939 bits per heavy atom. The average molecular weight is 469 g/mol. The summed E-state index contributed by atoms with van der Waals surface area (Å²) in [5.74, 6) is -1.87. The molecular formula is C21H36N6O6. The molecule has 0 aromatic heterocycles. The van der Waals surface area contributed by atoms with Gasteiger partial charge in [-0.1, -0.05) is 26.0 Å². The summed E-state index contributed by atoms with van der Waals surface area (Å²) in [6, 6.07) is 3.98. The molecule has 0 heterocycles. The first-order valence-corrected chi connectivity index (χ1v) is 10.4. The number of hydrogen-bond acceptors (Lipinski definition) is 8. The van der Waals surface area contributed by atoms with Gasteiger partial charge in [0.2, 0.25) is 0 Å². The van der Waals surface area contributed by atoms with Crippen molar-refractivity contribution in [2.75, 3.05) is 6.54 Å². The lowest BCUT2D eigenvalue weighted by atomic mass is 10.1. The van der Waals surface area contributed by atoms with Crippen molar-refractivity contribution in [3.05, 3.63) is 29.8 Å². The predicted octanol–water partition coefficient (Wildman–Crippen LogP) is -0.628. The van der Waals surface area contributed by atoms with Crippen LogP contribution in [0.1, 0.15) is 38.7 Å². The first kappa shape index (κ1) is 29.8. The van der Waals surface area contributed by atoms with E-state index in [1.807, 2.05) is 13.8 Å². The third kappa shape index (κ3) is 14.5. The second kappa shape index (κ2) is 15.6. The molecule has 0 spiro atoms. The molecule has 0 saturated carbocycles. The number of guanidine groups is 1. The largest absolute Gasteiger partial charge is 0.480 e. The van der Waals surface area contributed by atoms with E-state index >= 15 is 0 Å². The summed E-state index contributed by atoms with van der Waals surface area (Å²) in [5, 5.41) is 17.1. The number of nitrogens with two attached hydrogens (primary N) is 5. The van der Waals surface area contributed by atoms with E-state index in [1.54, 1.807) is 24.3 Å². The van der Waals surface area contributed by atoms with Crippen LogP contribution in [-0.2, 0) is 20.8 Å². The minimum atomic E-state index is -1.07. The number of nitrogens with zero attached hydrogens (tertiary/aromatic N) is 1. The van der Waals surface area contributed by atoms with E-state index in [0.29, 0.717) is 37.5 Å². The van der Waals surface area contributed by atoms with Crippen molar-refractivity contribution in [2.24, 2.45) is 39.6 Å². The molecule has 0 fully saturated rings. The fourth-order valence-electron chi connectivity index (χ4n) is 2.47. The lowest BCUT2D eigenvalue weighted by Crippen LogP contribution is -2.34.